The number of likely N-dealkylation sites (tertiary alicyclic amines) is 1. The van der Waals surface area contributed by atoms with Gasteiger partial charge in [-0.15, -0.1) is 0 Å². The Hall–Kier alpha value is -2.67. The van der Waals surface area contributed by atoms with Crippen molar-refractivity contribution in [1.82, 2.24) is 14.9 Å². The smallest absolute Gasteiger partial charge is 0.326 e. The molecule has 158 valence electrons. The van der Waals surface area contributed by atoms with Gasteiger partial charge >= 0.3 is 5.97 Å². The van der Waals surface area contributed by atoms with E-state index in [9.17, 15) is 14.7 Å². The highest BCUT2D eigenvalue weighted by Crippen LogP contribution is 2.40. The van der Waals surface area contributed by atoms with Crippen LogP contribution in [0.3, 0.4) is 0 Å². The number of carboxylic acids is 1. The Morgan fingerprint density at radius 2 is 1.71 bits per heavy atom. The largest absolute Gasteiger partial charge is 0.480 e. The summed E-state index contributed by atoms with van der Waals surface area (Å²) in [5, 5.41) is 10.4. The van der Waals surface area contributed by atoms with Gasteiger partial charge in [0.15, 0.2) is 0 Å². The van der Waals surface area contributed by atoms with Crippen molar-refractivity contribution >= 4 is 46.7 Å². The topological polar surface area (TPSA) is 83.4 Å². The van der Waals surface area contributed by atoms with Crippen molar-refractivity contribution in [3.8, 4) is 11.1 Å². The van der Waals surface area contributed by atoms with Crippen LogP contribution in [0.25, 0.3) is 11.1 Å². The predicted octanol–water partition coefficient (Wildman–Crippen LogP) is 5.53. The van der Waals surface area contributed by atoms with E-state index < -0.39 is 18.1 Å². The second-order valence-electron chi connectivity index (χ2n) is 7.10. The standard InChI is InChI=1S/C22H16Cl3N3O3/c23-16-4-2-1-3-14(16)17-9-10-18(21(30)31)28(17)20(29)13-7-5-12(6-8-13)15-11-26-22(25)27-19(15)24/h1-8,11,17-18H,9-10H2,(H,30,31)/t17-,18+/m1/s1. The van der Waals surface area contributed by atoms with E-state index >= 15 is 0 Å². The molecule has 3 aromatic rings. The van der Waals surface area contributed by atoms with Crippen molar-refractivity contribution in [2.45, 2.75) is 24.9 Å². The van der Waals surface area contributed by atoms with Crippen molar-refractivity contribution in [3.63, 3.8) is 0 Å². The third-order valence-electron chi connectivity index (χ3n) is 5.32. The fourth-order valence-electron chi connectivity index (χ4n) is 3.86. The zero-order valence-electron chi connectivity index (χ0n) is 16.0. The highest BCUT2D eigenvalue weighted by atomic mass is 35.5. The van der Waals surface area contributed by atoms with Crippen LogP contribution in [0.4, 0.5) is 0 Å². The first kappa shape index (κ1) is 21.6. The van der Waals surface area contributed by atoms with Crippen molar-refractivity contribution < 1.29 is 14.7 Å². The number of amides is 1. The number of benzene rings is 2. The number of nitrogens with zero attached hydrogens (tertiary/aromatic N) is 3. The van der Waals surface area contributed by atoms with E-state index in [1.165, 1.54) is 11.1 Å². The molecule has 9 heteroatoms. The SMILES string of the molecule is O=C(O)[C@@H]1CC[C@H](c2ccccc2Cl)N1C(=O)c1ccc(-c2cnc(Cl)nc2Cl)cc1. The number of hydrogen-bond acceptors (Lipinski definition) is 4. The van der Waals surface area contributed by atoms with Crippen LogP contribution in [0.1, 0.15) is 34.8 Å². The Labute approximate surface area is 193 Å². The Kier molecular flexibility index (Phi) is 6.14. The lowest BCUT2D eigenvalue weighted by atomic mass is 10.0. The van der Waals surface area contributed by atoms with Crippen molar-refractivity contribution in [3.05, 3.63) is 81.3 Å². The number of carboxylic acid groups (broad SMARTS) is 1. The number of carbonyl (C=O) groups is 2. The molecular formula is C22H16Cl3N3O3. The van der Waals surface area contributed by atoms with Gasteiger partial charge in [-0.2, -0.15) is 0 Å². The summed E-state index contributed by atoms with van der Waals surface area (Å²) in [5.41, 5.74) is 2.38. The van der Waals surface area contributed by atoms with Gasteiger partial charge in [0, 0.05) is 22.3 Å². The van der Waals surface area contributed by atoms with Crippen molar-refractivity contribution in [2.75, 3.05) is 0 Å². The van der Waals surface area contributed by atoms with Gasteiger partial charge in [-0.1, -0.05) is 53.5 Å². The molecule has 0 bridgehead atoms. The second kappa shape index (κ2) is 8.83. The van der Waals surface area contributed by atoms with Crippen LogP contribution in [-0.2, 0) is 4.79 Å². The van der Waals surface area contributed by atoms with Crippen LogP contribution in [0.2, 0.25) is 15.5 Å². The second-order valence-corrected chi connectivity index (χ2v) is 8.21. The van der Waals surface area contributed by atoms with E-state index in [0.29, 0.717) is 34.6 Å². The Morgan fingerprint density at radius 3 is 2.35 bits per heavy atom. The number of aromatic nitrogens is 2. The quantitative estimate of drug-likeness (QED) is 0.395. The Balaban J connectivity index is 1.67. The van der Waals surface area contributed by atoms with E-state index in [2.05, 4.69) is 9.97 Å². The fraction of sp³-hybridized carbons (Fsp3) is 0.182. The van der Waals surface area contributed by atoms with E-state index in [1.54, 1.807) is 36.4 Å². The van der Waals surface area contributed by atoms with Gasteiger partial charge in [0.05, 0.1) is 6.04 Å². The molecule has 0 saturated carbocycles. The third kappa shape index (κ3) is 4.24. The number of hydrogen-bond donors (Lipinski definition) is 1. The molecule has 2 atom stereocenters. The molecule has 1 saturated heterocycles. The maximum Gasteiger partial charge on any atom is 0.326 e. The number of halogens is 3. The van der Waals surface area contributed by atoms with Crippen LogP contribution in [0.15, 0.2) is 54.7 Å². The molecule has 2 aromatic carbocycles. The fourth-order valence-corrected chi connectivity index (χ4v) is 4.54. The minimum Gasteiger partial charge on any atom is -0.480 e. The number of aliphatic carboxylic acids is 1. The van der Waals surface area contributed by atoms with Gasteiger partial charge in [-0.3, -0.25) is 4.79 Å². The van der Waals surface area contributed by atoms with Crippen molar-refractivity contribution in [2.24, 2.45) is 0 Å². The molecule has 1 fully saturated rings. The summed E-state index contributed by atoms with van der Waals surface area (Å²) in [5.74, 6) is -1.41. The molecule has 0 unspecified atom stereocenters. The van der Waals surface area contributed by atoms with Crippen LogP contribution >= 0.6 is 34.8 Å². The lowest BCUT2D eigenvalue weighted by Gasteiger charge is -2.29. The maximum absolute atomic E-state index is 13.4. The first-order valence-corrected chi connectivity index (χ1v) is 10.6. The maximum atomic E-state index is 13.4. The summed E-state index contributed by atoms with van der Waals surface area (Å²) in [6.45, 7) is 0. The highest BCUT2D eigenvalue weighted by molar-refractivity contribution is 6.33. The van der Waals surface area contributed by atoms with Crippen LogP contribution in [-0.4, -0.2) is 37.9 Å². The van der Waals surface area contributed by atoms with E-state index in [4.69, 9.17) is 34.8 Å². The average molecular weight is 477 g/mol. The first-order chi connectivity index (χ1) is 14.9. The molecule has 1 aromatic heterocycles. The zero-order chi connectivity index (χ0) is 22.1. The number of carbonyl (C=O) groups excluding carboxylic acids is 1. The molecule has 1 aliphatic heterocycles. The monoisotopic (exact) mass is 475 g/mol. The molecule has 1 aliphatic rings. The zero-order valence-corrected chi connectivity index (χ0v) is 18.3. The normalized spacial score (nSPS) is 18.2. The molecule has 31 heavy (non-hydrogen) atoms. The third-order valence-corrected chi connectivity index (χ3v) is 6.14. The van der Waals surface area contributed by atoms with Crippen molar-refractivity contribution in [1.29, 1.82) is 0 Å². The van der Waals surface area contributed by atoms with Gasteiger partial charge in [0.2, 0.25) is 5.28 Å². The minimum absolute atomic E-state index is 0.0416. The molecular weight excluding hydrogens is 461 g/mol. The van der Waals surface area contributed by atoms with Gasteiger partial charge in [0.25, 0.3) is 5.91 Å². The van der Waals surface area contributed by atoms with E-state index in [1.807, 2.05) is 12.1 Å². The van der Waals surface area contributed by atoms with Gasteiger partial charge in [-0.25, -0.2) is 14.8 Å². The lowest BCUT2D eigenvalue weighted by Crippen LogP contribution is -2.41. The summed E-state index contributed by atoms with van der Waals surface area (Å²) in [7, 11) is 0. The highest BCUT2D eigenvalue weighted by Gasteiger charge is 2.42. The summed E-state index contributed by atoms with van der Waals surface area (Å²) >= 11 is 18.2. The summed E-state index contributed by atoms with van der Waals surface area (Å²) in [6.07, 6.45) is 2.37. The predicted molar refractivity (Wildman–Crippen MR) is 119 cm³/mol. The molecule has 6 nitrogen and oxygen atoms in total. The molecule has 4 rings (SSSR count). The van der Waals surface area contributed by atoms with Gasteiger partial charge in [-0.05, 0) is 53.8 Å². The van der Waals surface area contributed by atoms with Gasteiger partial charge in [0.1, 0.15) is 11.2 Å². The molecule has 0 aliphatic carbocycles. The first-order valence-electron chi connectivity index (χ1n) is 9.45. The van der Waals surface area contributed by atoms with Crippen LogP contribution in [0.5, 0.6) is 0 Å². The molecule has 0 radical (unpaired) electrons. The molecule has 2 heterocycles. The van der Waals surface area contributed by atoms with E-state index in [0.717, 1.165) is 5.56 Å². The van der Waals surface area contributed by atoms with Gasteiger partial charge < -0.3 is 10.0 Å². The Morgan fingerprint density at radius 1 is 1.00 bits per heavy atom. The Bertz CT molecular complexity index is 1150. The molecule has 0 spiro atoms. The summed E-state index contributed by atoms with van der Waals surface area (Å²) in [4.78, 5) is 34.5. The number of rotatable bonds is 4. The average Bonchev–Trinajstić information content (AvgIpc) is 3.19. The van der Waals surface area contributed by atoms with Crippen LogP contribution in [0, 0.1) is 0 Å². The summed E-state index contributed by atoms with van der Waals surface area (Å²) in [6, 6.07) is 12.5. The van der Waals surface area contributed by atoms with E-state index in [-0.39, 0.29) is 16.3 Å². The lowest BCUT2D eigenvalue weighted by molar-refractivity contribution is -0.141. The minimum atomic E-state index is -1.04. The summed E-state index contributed by atoms with van der Waals surface area (Å²) < 4.78 is 0. The van der Waals surface area contributed by atoms with Crippen LogP contribution < -0.4 is 0 Å². The molecule has 1 N–H and O–H groups in total. The molecule has 1 amide bonds.